The van der Waals surface area contributed by atoms with Gasteiger partial charge >= 0.3 is 5.97 Å². The smallest absolute Gasteiger partial charge is 0.340 e. The standard InChI is InChI=1S/C21H19N3O4/c25-19(13-28-21(27)17-12-22-18-8-2-1-7-16(17)18)23-14-5-3-6-15(11-14)24-10-4-9-20(24)26/h1-3,5-8,11-12,22H,4,9-10,13H2,(H,23,25). The third-order valence-electron chi connectivity index (χ3n) is 4.66. The minimum Gasteiger partial charge on any atom is -0.452 e. The van der Waals surface area contributed by atoms with Crippen molar-refractivity contribution in [2.45, 2.75) is 12.8 Å². The number of carbonyl (C=O) groups excluding carboxylic acids is 3. The minimum absolute atomic E-state index is 0.0798. The molecule has 1 aliphatic heterocycles. The minimum atomic E-state index is -0.566. The van der Waals surface area contributed by atoms with Gasteiger partial charge < -0.3 is 19.9 Å². The Balaban J connectivity index is 1.37. The van der Waals surface area contributed by atoms with Gasteiger partial charge in [0.15, 0.2) is 6.61 Å². The maximum Gasteiger partial charge on any atom is 0.340 e. The number of rotatable bonds is 5. The molecule has 142 valence electrons. The number of aromatic amines is 1. The van der Waals surface area contributed by atoms with Crippen molar-refractivity contribution >= 4 is 40.1 Å². The number of carbonyl (C=O) groups is 3. The fraction of sp³-hybridized carbons (Fsp3) is 0.190. The van der Waals surface area contributed by atoms with Crippen molar-refractivity contribution in [3.05, 3.63) is 60.3 Å². The average molecular weight is 377 g/mol. The van der Waals surface area contributed by atoms with Crippen molar-refractivity contribution in [2.24, 2.45) is 0 Å². The molecule has 2 aromatic carbocycles. The van der Waals surface area contributed by atoms with Crippen molar-refractivity contribution in [2.75, 3.05) is 23.4 Å². The van der Waals surface area contributed by atoms with Crippen LogP contribution in [0.25, 0.3) is 10.9 Å². The van der Waals surface area contributed by atoms with Gasteiger partial charge in [0, 0.05) is 41.4 Å². The number of nitrogens with one attached hydrogen (secondary N) is 2. The van der Waals surface area contributed by atoms with Crippen LogP contribution < -0.4 is 10.2 Å². The maximum atomic E-state index is 12.3. The molecular weight excluding hydrogens is 358 g/mol. The van der Waals surface area contributed by atoms with E-state index in [0.29, 0.717) is 24.2 Å². The van der Waals surface area contributed by atoms with Crippen LogP contribution in [-0.4, -0.2) is 35.9 Å². The first-order chi connectivity index (χ1) is 13.6. The molecule has 0 radical (unpaired) electrons. The van der Waals surface area contributed by atoms with E-state index in [1.54, 1.807) is 29.3 Å². The van der Waals surface area contributed by atoms with Crippen molar-refractivity contribution < 1.29 is 19.1 Å². The lowest BCUT2D eigenvalue weighted by molar-refractivity contribution is -0.119. The predicted molar refractivity (Wildman–Crippen MR) is 105 cm³/mol. The highest BCUT2D eigenvalue weighted by molar-refractivity contribution is 6.05. The second kappa shape index (κ2) is 7.56. The van der Waals surface area contributed by atoms with E-state index in [4.69, 9.17) is 4.74 Å². The van der Waals surface area contributed by atoms with Crippen LogP contribution in [0.1, 0.15) is 23.2 Å². The van der Waals surface area contributed by atoms with Gasteiger partial charge in [-0.15, -0.1) is 0 Å². The number of anilines is 2. The number of ether oxygens (including phenoxy) is 1. The van der Waals surface area contributed by atoms with Gasteiger partial charge in [-0.2, -0.15) is 0 Å². The molecule has 0 aliphatic carbocycles. The molecule has 3 aromatic rings. The molecule has 2 N–H and O–H groups in total. The van der Waals surface area contributed by atoms with E-state index >= 15 is 0 Å². The normalized spacial score (nSPS) is 13.7. The van der Waals surface area contributed by atoms with Crippen molar-refractivity contribution in [3.8, 4) is 0 Å². The molecule has 2 heterocycles. The van der Waals surface area contributed by atoms with Gasteiger partial charge in [0.25, 0.3) is 5.91 Å². The number of fused-ring (bicyclic) bond motifs is 1. The number of benzene rings is 2. The molecule has 0 atom stereocenters. The molecule has 4 rings (SSSR count). The van der Waals surface area contributed by atoms with Crippen molar-refractivity contribution in [1.82, 2.24) is 4.98 Å². The molecule has 0 unspecified atom stereocenters. The molecule has 0 bridgehead atoms. The number of esters is 1. The lowest BCUT2D eigenvalue weighted by atomic mass is 10.2. The van der Waals surface area contributed by atoms with Crippen LogP contribution >= 0.6 is 0 Å². The number of H-pyrrole nitrogens is 1. The van der Waals surface area contributed by atoms with Gasteiger partial charge in [0.05, 0.1) is 5.56 Å². The summed E-state index contributed by atoms with van der Waals surface area (Å²) in [7, 11) is 0. The summed E-state index contributed by atoms with van der Waals surface area (Å²) in [5.74, 6) is -0.932. The predicted octanol–water partition coefficient (Wildman–Crippen LogP) is 3.09. The van der Waals surface area contributed by atoms with Crippen LogP contribution in [0.15, 0.2) is 54.7 Å². The van der Waals surface area contributed by atoms with E-state index < -0.39 is 18.5 Å². The summed E-state index contributed by atoms with van der Waals surface area (Å²) in [5, 5.41) is 3.44. The van der Waals surface area contributed by atoms with Crippen LogP contribution in [0, 0.1) is 0 Å². The molecule has 1 aliphatic rings. The Labute approximate surface area is 161 Å². The van der Waals surface area contributed by atoms with E-state index in [1.165, 1.54) is 0 Å². The summed E-state index contributed by atoms with van der Waals surface area (Å²) in [6.45, 7) is 0.281. The Hall–Kier alpha value is -3.61. The van der Waals surface area contributed by atoms with Gasteiger partial charge in [-0.05, 0) is 30.7 Å². The summed E-state index contributed by atoms with van der Waals surface area (Å²) in [6.07, 6.45) is 2.95. The summed E-state index contributed by atoms with van der Waals surface area (Å²) in [6, 6.07) is 14.4. The number of hydrogen-bond donors (Lipinski definition) is 2. The number of hydrogen-bond acceptors (Lipinski definition) is 4. The Morgan fingerprint density at radius 3 is 2.82 bits per heavy atom. The summed E-state index contributed by atoms with van der Waals surface area (Å²) in [5.41, 5.74) is 2.51. The molecule has 1 aromatic heterocycles. The molecular formula is C21H19N3O4. The quantitative estimate of drug-likeness (QED) is 0.669. The molecule has 1 fully saturated rings. The van der Waals surface area contributed by atoms with Crippen molar-refractivity contribution in [3.63, 3.8) is 0 Å². The Morgan fingerprint density at radius 1 is 1.14 bits per heavy atom. The highest BCUT2D eigenvalue weighted by atomic mass is 16.5. The third-order valence-corrected chi connectivity index (χ3v) is 4.66. The summed E-state index contributed by atoms with van der Waals surface area (Å²) in [4.78, 5) is 41.0. The van der Waals surface area contributed by atoms with E-state index in [0.717, 1.165) is 23.0 Å². The topological polar surface area (TPSA) is 91.5 Å². The second-order valence-corrected chi connectivity index (χ2v) is 6.57. The van der Waals surface area contributed by atoms with E-state index in [2.05, 4.69) is 10.3 Å². The van der Waals surface area contributed by atoms with E-state index in [9.17, 15) is 14.4 Å². The van der Waals surface area contributed by atoms with Crippen LogP contribution in [0.2, 0.25) is 0 Å². The highest BCUT2D eigenvalue weighted by Crippen LogP contribution is 2.24. The zero-order valence-electron chi connectivity index (χ0n) is 15.1. The van der Waals surface area contributed by atoms with Crippen LogP contribution in [0.3, 0.4) is 0 Å². The third kappa shape index (κ3) is 3.59. The lowest BCUT2D eigenvalue weighted by Crippen LogP contribution is -2.24. The van der Waals surface area contributed by atoms with Crippen LogP contribution in [0.4, 0.5) is 11.4 Å². The van der Waals surface area contributed by atoms with Gasteiger partial charge in [-0.3, -0.25) is 9.59 Å². The molecule has 0 spiro atoms. The Morgan fingerprint density at radius 2 is 2.00 bits per heavy atom. The Bertz CT molecular complexity index is 1060. The number of aromatic nitrogens is 1. The monoisotopic (exact) mass is 377 g/mol. The first-order valence-electron chi connectivity index (χ1n) is 9.05. The summed E-state index contributed by atoms with van der Waals surface area (Å²) >= 11 is 0. The van der Waals surface area contributed by atoms with Gasteiger partial charge in [0.1, 0.15) is 0 Å². The molecule has 28 heavy (non-hydrogen) atoms. The molecule has 0 saturated carbocycles. The zero-order chi connectivity index (χ0) is 19.5. The fourth-order valence-corrected chi connectivity index (χ4v) is 3.32. The number of nitrogens with zero attached hydrogens (tertiary/aromatic N) is 1. The number of para-hydroxylation sites is 1. The SMILES string of the molecule is O=C(COC(=O)c1c[nH]c2ccccc12)Nc1cccc(N2CCCC2=O)c1. The van der Waals surface area contributed by atoms with E-state index in [-0.39, 0.29) is 5.91 Å². The summed E-state index contributed by atoms with van der Waals surface area (Å²) < 4.78 is 5.14. The van der Waals surface area contributed by atoms with Gasteiger partial charge in [0.2, 0.25) is 5.91 Å². The molecule has 1 saturated heterocycles. The van der Waals surface area contributed by atoms with Gasteiger partial charge in [-0.1, -0.05) is 24.3 Å². The van der Waals surface area contributed by atoms with Crippen molar-refractivity contribution in [1.29, 1.82) is 0 Å². The molecule has 2 amide bonds. The molecule has 7 nitrogen and oxygen atoms in total. The van der Waals surface area contributed by atoms with Crippen LogP contribution in [0.5, 0.6) is 0 Å². The lowest BCUT2D eigenvalue weighted by Gasteiger charge is -2.16. The molecule has 7 heteroatoms. The maximum absolute atomic E-state index is 12.3. The Kier molecular flexibility index (Phi) is 4.80. The largest absolute Gasteiger partial charge is 0.452 e. The fourth-order valence-electron chi connectivity index (χ4n) is 3.32. The van der Waals surface area contributed by atoms with Gasteiger partial charge in [-0.25, -0.2) is 4.79 Å². The zero-order valence-corrected chi connectivity index (χ0v) is 15.1. The van der Waals surface area contributed by atoms with E-state index in [1.807, 2.05) is 30.3 Å². The first-order valence-corrected chi connectivity index (χ1v) is 9.05. The average Bonchev–Trinajstić information content (AvgIpc) is 3.32. The first kappa shape index (κ1) is 17.8. The second-order valence-electron chi connectivity index (χ2n) is 6.57. The van der Waals surface area contributed by atoms with Crippen LogP contribution in [-0.2, 0) is 14.3 Å². The highest BCUT2D eigenvalue weighted by Gasteiger charge is 2.22. The number of amides is 2.